The number of rotatable bonds is 4. The maximum Gasteiger partial charge on any atom is 0.418 e. The maximum atomic E-state index is 13.9. The molecule has 0 saturated heterocycles. The van der Waals surface area contributed by atoms with Crippen molar-refractivity contribution in [3.8, 4) is 5.69 Å². The predicted octanol–water partition coefficient (Wildman–Crippen LogP) is 4.76. The molecule has 1 aromatic heterocycles. The molecule has 10 heteroatoms. The summed E-state index contributed by atoms with van der Waals surface area (Å²) in [5.41, 5.74) is -3.16. The first-order chi connectivity index (χ1) is 14.5. The zero-order valence-corrected chi connectivity index (χ0v) is 16.2. The van der Waals surface area contributed by atoms with Crippen LogP contribution in [0.15, 0.2) is 53.3 Å². The first kappa shape index (κ1) is 22.1. The highest BCUT2D eigenvalue weighted by atomic mass is 19.4. The molecule has 1 heterocycles. The van der Waals surface area contributed by atoms with Crippen molar-refractivity contribution in [3.05, 3.63) is 92.9 Å². The largest absolute Gasteiger partial charge is 0.453 e. The summed E-state index contributed by atoms with van der Waals surface area (Å²) in [7, 11) is 0. The van der Waals surface area contributed by atoms with Crippen molar-refractivity contribution in [1.29, 1.82) is 0 Å². The van der Waals surface area contributed by atoms with Gasteiger partial charge in [0, 0.05) is 23.4 Å². The normalized spacial score (nSPS) is 12.5. The molecule has 0 amide bonds. The molecule has 1 atom stereocenters. The second kappa shape index (κ2) is 8.29. The molecule has 2 aromatic carbocycles. The van der Waals surface area contributed by atoms with Gasteiger partial charge in [0.25, 0.3) is 0 Å². The highest BCUT2D eigenvalue weighted by molar-refractivity contribution is 5.87. The van der Waals surface area contributed by atoms with Crippen molar-refractivity contribution in [1.82, 2.24) is 9.78 Å². The molecular formula is C21H15F5N2O3. The molecule has 0 saturated carbocycles. The highest BCUT2D eigenvalue weighted by Crippen LogP contribution is 2.33. The Morgan fingerprint density at radius 3 is 2.42 bits per heavy atom. The first-order valence-corrected chi connectivity index (χ1v) is 8.92. The van der Waals surface area contributed by atoms with Gasteiger partial charge >= 0.3 is 12.1 Å². The van der Waals surface area contributed by atoms with Crippen molar-refractivity contribution in [2.45, 2.75) is 26.1 Å². The number of hydrogen-bond acceptors (Lipinski definition) is 4. The number of para-hydroxylation sites is 1. The van der Waals surface area contributed by atoms with Gasteiger partial charge in [0.1, 0.15) is 17.7 Å². The molecule has 3 aromatic rings. The molecular weight excluding hydrogens is 423 g/mol. The molecule has 0 aliphatic heterocycles. The summed E-state index contributed by atoms with van der Waals surface area (Å²) >= 11 is 0. The fraction of sp³-hybridized carbons (Fsp3) is 0.190. The molecule has 0 fully saturated rings. The number of aromatic nitrogens is 2. The molecule has 31 heavy (non-hydrogen) atoms. The smallest absolute Gasteiger partial charge is 0.418 e. The van der Waals surface area contributed by atoms with Crippen LogP contribution in [0.4, 0.5) is 22.0 Å². The fourth-order valence-electron chi connectivity index (χ4n) is 2.94. The number of aryl methyl sites for hydroxylation is 1. The second-order valence-electron chi connectivity index (χ2n) is 6.64. The molecule has 0 radical (unpaired) electrons. The van der Waals surface area contributed by atoms with Crippen LogP contribution in [0.25, 0.3) is 5.69 Å². The number of alkyl halides is 3. The number of carbonyl (C=O) groups excluding carboxylic acids is 1. The summed E-state index contributed by atoms with van der Waals surface area (Å²) in [5, 5.41) is 3.78. The van der Waals surface area contributed by atoms with Crippen LogP contribution >= 0.6 is 0 Å². The Morgan fingerprint density at radius 2 is 1.77 bits per heavy atom. The van der Waals surface area contributed by atoms with Crippen molar-refractivity contribution < 1.29 is 31.5 Å². The quantitative estimate of drug-likeness (QED) is 0.436. The fourth-order valence-corrected chi connectivity index (χ4v) is 2.94. The van der Waals surface area contributed by atoms with E-state index in [1.54, 1.807) is 0 Å². The van der Waals surface area contributed by atoms with Gasteiger partial charge in [-0.1, -0.05) is 12.1 Å². The molecule has 0 bridgehead atoms. The molecule has 5 nitrogen and oxygen atoms in total. The van der Waals surface area contributed by atoms with Crippen LogP contribution in [-0.4, -0.2) is 15.7 Å². The Morgan fingerprint density at radius 1 is 1.10 bits per heavy atom. The van der Waals surface area contributed by atoms with Crippen LogP contribution in [0.5, 0.6) is 0 Å². The Kier molecular flexibility index (Phi) is 5.92. The van der Waals surface area contributed by atoms with Crippen molar-refractivity contribution in [3.63, 3.8) is 0 Å². The van der Waals surface area contributed by atoms with Gasteiger partial charge in [-0.3, -0.25) is 4.79 Å². The number of hydrogen-bond donors (Lipinski definition) is 0. The topological polar surface area (TPSA) is 61.2 Å². The van der Waals surface area contributed by atoms with Crippen LogP contribution in [0.2, 0.25) is 0 Å². The van der Waals surface area contributed by atoms with Gasteiger partial charge in [0.2, 0.25) is 11.1 Å². The van der Waals surface area contributed by atoms with E-state index in [0.29, 0.717) is 6.07 Å². The van der Waals surface area contributed by atoms with Gasteiger partial charge in [-0.05, 0) is 38.1 Å². The van der Waals surface area contributed by atoms with Gasteiger partial charge in [-0.25, -0.2) is 18.3 Å². The third-order valence-corrected chi connectivity index (χ3v) is 4.42. The summed E-state index contributed by atoms with van der Waals surface area (Å²) in [5.74, 6) is -3.06. The van der Waals surface area contributed by atoms with E-state index in [-0.39, 0.29) is 16.9 Å². The van der Waals surface area contributed by atoms with E-state index < -0.39 is 46.6 Å². The summed E-state index contributed by atoms with van der Waals surface area (Å²) in [6.45, 7) is 2.65. The molecule has 0 aliphatic rings. The Hall–Kier alpha value is -3.56. The lowest BCUT2D eigenvalue weighted by Crippen LogP contribution is -2.26. The van der Waals surface area contributed by atoms with E-state index in [9.17, 15) is 31.5 Å². The summed E-state index contributed by atoms with van der Waals surface area (Å²) < 4.78 is 73.0. The van der Waals surface area contributed by atoms with Crippen LogP contribution in [0.3, 0.4) is 0 Å². The van der Waals surface area contributed by atoms with Crippen molar-refractivity contribution >= 4 is 5.97 Å². The average Bonchev–Trinajstić information content (AvgIpc) is 2.67. The highest BCUT2D eigenvalue weighted by Gasteiger charge is 2.34. The molecule has 1 unspecified atom stereocenters. The number of esters is 1. The average molecular weight is 438 g/mol. The minimum atomic E-state index is -4.71. The van der Waals surface area contributed by atoms with E-state index in [1.807, 2.05) is 0 Å². The minimum Gasteiger partial charge on any atom is -0.453 e. The number of nitrogens with zero attached hydrogens (tertiary/aromatic N) is 2. The predicted molar refractivity (Wildman–Crippen MR) is 99.8 cm³/mol. The molecule has 0 spiro atoms. The van der Waals surface area contributed by atoms with Crippen LogP contribution in [-0.2, 0) is 10.9 Å². The van der Waals surface area contributed by atoms with Gasteiger partial charge in [0.05, 0.1) is 11.3 Å². The monoisotopic (exact) mass is 438 g/mol. The SMILES string of the molecule is Cc1cc(=O)c(C(=O)OC(C)c2ccc(F)cc2F)nn1-c1ccccc1C(F)(F)F. The Bertz CT molecular complexity index is 1200. The summed E-state index contributed by atoms with van der Waals surface area (Å²) in [6.07, 6.45) is -5.92. The molecule has 0 N–H and O–H groups in total. The van der Waals surface area contributed by atoms with E-state index >= 15 is 0 Å². The second-order valence-corrected chi connectivity index (χ2v) is 6.64. The lowest BCUT2D eigenvalue weighted by Gasteiger charge is -2.17. The van der Waals surface area contributed by atoms with E-state index in [0.717, 1.165) is 35.0 Å². The maximum absolute atomic E-state index is 13.9. The molecule has 3 rings (SSSR count). The lowest BCUT2D eigenvalue weighted by molar-refractivity contribution is -0.137. The van der Waals surface area contributed by atoms with Gasteiger partial charge in [-0.15, -0.1) is 0 Å². The first-order valence-electron chi connectivity index (χ1n) is 8.92. The third kappa shape index (κ3) is 4.62. The van der Waals surface area contributed by atoms with Crippen LogP contribution < -0.4 is 5.43 Å². The summed E-state index contributed by atoms with van der Waals surface area (Å²) in [4.78, 5) is 24.7. The van der Waals surface area contributed by atoms with Gasteiger partial charge in [0.15, 0.2) is 0 Å². The van der Waals surface area contributed by atoms with E-state index in [1.165, 1.54) is 26.0 Å². The third-order valence-electron chi connectivity index (χ3n) is 4.42. The minimum absolute atomic E-state index is 0.0517. The van der Waals surface area contributed by atoms with Crippen molar-refractivity contribution in [2.24, 2.45) is 0 Å². The number of halogens is 5. The standard InChI is InChI=1S/C21H15F5N2O3/c1-11-9-18(29)19(20(30)31-12(2)14-8-7-13(22)10-16(14)23)27-28(11)17-6-4-3-5-15(17)21(24,25)26/h3-10,12H,1-2H3. The van der Waals surface area contributed by atoms with E-state index in [4.69, 9.17) is 4.74 Å². The number of benzene rings is 2. The van der Waals surface area contributed by atoms with Gasteiger partial charge in [-0.2, -0.15) is 18.3 Å². The van der Waals surface area contributed by atoms with Crippen LogP contribution in [0, 0.1) is 18.6 Å². The summed E-state index contributed by atoms with van der Waals surface area (Å²) in [6, 6.07) is 8.10. The lowest BCUT2D eigenvalue weighted by atomic mass is 10.1. The molecule has 162 valence electrons. The van der Waals surface area contributed by atoms with Crippen LogP contribution in [0.1, 0.15) is 40.3 Å². The van der Waals surface area contributed by atoms with Crippen molar-refractivity contribution in [2.75, 3.05) is 0 Å². The van der Waals surface area contributed by atoms with E-state index in [2.05, 4.69) is 5.10 Å². The Labute approximate surface area is 172 Å². The number of carbonyl (C=O) groups is 1. The number of ether oxygens (including phenoxy) is 1. The van der Waals surface area contributed by atoms with Gasteiger partial charge < -0.3 is 4.74 Å². The zero-order valence-electron chi connectivity index (χ0n) is 16.2. The molecule has 0 aliphatic carbocycles. The Balaban J connectivity index is 2.00. The zero-order chi connectivity index (χ0) is 22.9.